The summed E-state index contributed by atoms with van der Waals surface area (Å²) in [6.45, 7) is 5.59. The summed E-state index contributed by atoms with van der Waals surface area (Å²) in [5, 5.41) is 8.81. The van der Waals surface area contributed by atoms with Gasteiger partial charge in [-0.1, -0.05) is 12.1 Å². The zero-order valence-corrected chi connectivity index (χ0v) is 12.0. The fourth-order valence-corrected chi connectivity index (χ4v) is 2.71. The molecule has 4 heteroatoms. The van der Waals surface area contributed by atoms with Crippen LogP contribution >= 0.6 is 0 Å². The van der Waals surface area contributed by atoms with Crippen molar-refractivity contribution >= 4 is 5.97 Å². The number of rotatable bonds is 6. The van der Waals surface area contributed by atoms with E-state index < -0.39 is 5.97 Å². The molecule has 0 saturated carbocycles. The molecule has 1 fully saturated rings. The van der Waals surface area contributed by atoms with Crippen LogP contribution in [0.15, 0.2) is 24.3 Å². The Morgan fingerprint density at radius 3 is 2.50 bits per heavy atom. The monoisotopic (exact) mass is 277 g/mol. The molecule has 1 saturated heterocycles. The van der Waals surface area contributed by atoms with Crippen LogP contribution in [0.25, 0.3) is 0 Å². The number of ether oxygens (including phenoxy) is 1. The van der Waals surface area contributed by atoms with Crippen molar-refractivity contribution in [1.29, 1.82) is 0 Å². The topological polar surface area (TPSA) is 49.8 Å². The van der Waals surface area contributed by atoms with Gasteiger partial charge in [-0.05, 0) is 56.5 Å². The molecule has 4 nitrogen and oxygen atoms in total. The maximum Gasteiger partial charge on any atom is 0.303 e. The molecule has 0 bridgehead atoms. The highest BCUT2D eigenvalue weighted by atomic mass is 16.5. The largest absolute Gasteiger partial charge is 0.494 e. The lowest BCUT2D eigenvalue weighted by molar-refractivity contribution is -0.138. The van der Waals surface area contributed by atoms with E-state index in [2.05, 4.69) is 17.0 Å². The smallest absolute Gasteiger partial charge is 0.303 e. The van der Waals surface area contributed by atoms with E-state index in [1.54, 1.807) is 0 Å². The maximum absolute atomic E-state index is 10.7. The molecule has 2 rings (SSSR count). The number of hydrogen-bond donors (Lipinski definition) is 1. The summed E-state index contributed by atoms with van der Waals surface area (Å²) in [6, 6.07) is 8.23. The van der Waals surface area contributed by atoms with E-state index in [4.69, 9.17) is 9.84 Å². The number of carbonyl (C=O) groups is 1. The van der Waals surface area contributed by atoms with Crippen LogP contribution in [0.5, 0.6) is 5.75 Å². The lowest BCUT2D eigenvalue weighted by Gasteiger charge is -2.31. The van der Waals surface area contributed by atoms with E-state index in [1.807, 2.05) is 19.1 Å². The van der Waals surface area contributed by atoms with Gasteiger partial charge in [-0.15, -0.1) is 0 Å². The number of hydrogen-bond acceptors (Lipinski definition) is 3. The van der Waals surface area contributed by atoms with Gasteiger partial charge in [0.25, 0.3) is 0 Å². The Hall–Kier alpha value is -1.55. The fraction of sp³-hybridized carbons (Fsp3) is 0.562. The third kappa shape index (κ3) is 4.53. The summed E-state index contributed by atoms with van der Waals surface area (Å²) in [7, 11) is 0. The second-order valence-corrected chi connectivity index (χ2v) is 5.39. The summed E-state index contributed by atoms with van der Waals surface area (Å²) in [6.07, 6.45) is 2.30. The number of nitrogens with zero attached hydrogens (tertiary/aromatic N) is 1. The Kier molecular flexibility index (Phi) is 5.41. The van der Waals surface area contributed by atoms with Crippen molar-refractivity contribution in [3.8, 4) is 5.75 Å². The minimum absolute atomic E-state index is 0.316. The van der Waals surface area contributed by atoms with E-state index in [0.717, 1.165) is 38.2 Å². The molecule has 20 heavy (non-hydrogen) atoms. The van der Waals surface area contributed by atoms with Crippen molar-refractivity contribution < 1.29 is 14.6 Å². The molecule has 0 spiro atoms. The van der Waals surface area contributed by atoms with Gasteiger partial charge in [0.1, 0.15) is 5.75 Å². The lowest BCUT2D eigenvalue weighted by Crippen LogP contribution is -2.33. The van der Waals surface area contributed by atoms with Crippen molar-refractivity contribution in [2.24, 2.45) is 5.92 Å². The van der Waals surface area contributed by atoms with E-state index in [9.17, 15) is 4.79 Å². The average molecular weight is 277 g/mol. The lowest BCUT2D eigenvalue weighted by atomic mass is 9.93. The predicted octanol–water partition coefficient (Wildman–Crippen LogP) is 2.77. The Labute approximate surface area is 120 Å². The summed E-state index contributed by atoms with van der Waals surface area (Å²) >= 11 is 0. The number of carboxylic acid groups (broad SMARTS) is 1. The first-order valence-electron chi connectivity index (χ1n) is 7.33. The summed E-state index contributed by atoms with van der Waals surface area (Å²) in [5.41, 5.74) is 1.28. The van der Waals surface area contributed by atoms with Crippen molar-refractivity contribution in [3.05, 3.63) is 29.8 Å². The first kappa shape index (κ1) is 14.9. The minimum atomic E-state index is -0.671. The van der Waals surface area contributed by atoms with Gasteiger partial charge in [0, 0.05) is 13.0 Å². The van der Waals surface area contributed by atoms with Crippen LogP contribution in [-0.2, 0) is 11.3 Å². The molecule has 1 aromatic carbocycles. The molecule has 1 aromatic rings. The van der Waals surface area contributed by atoms with E-state index >= 15 is 0 Å². The third-order valence-corrected chi connectivity index (χ3v) is 3.81. The van der Waals surface area contributed by atoms with Crippen molar-refractivity contribution in [2.45, 2.75) is 32.7 Å². The molecule has 1 aliphatic heterocycles. The number of aliphatic carboxylic acids is 1. The highest BCUT2D eigenvalue weighted by molar-refractivity contribution is 5.67. The van der Waals surface area contributed by atoms with Gasteiger partial charge in [-0.2, -0.15) is 0 Å². The van der Waals surface area contributed by atoms with Gasteiger partial charge in [0.15, 0.2) is 0 Å². The van der Waals surface area contributed by atoms with Crippen LogP contribution in [0.2, 0.25) is 0 Å². The standard InChI is InChI=1S/C16H23NO3/c1-2-20-15-5-3-14(4-6-15)12-17-9-7-13(8-10-17)11-16(18)19/h3-6,13H,2,7-12H2,1H3,(H,18,19). The molecular formula is C16H23NO3. The number of carboxylic acids is 1. The second-order valence-electron chi connectivity index (χ2n) is 5.39. The summed E-state index contributed by atoms with van der Waals surface area (Å²) in [4.78, 5) is 13.1. The fourth-order valence-electron chi connectivity index (χ4n) is 2.71. The van der Waals surface area contributed by atoms with E-state index in [0.29, 0.717) is 18.9 Å². The van der Waals surface area contributed by atoms with Crippen molar-refractivity contribution in [1.82, 2.24) is 4.90 Å². The molecule has 0 atom stereocenters. The molecule has 110 valence electrons. The Morgan fingerprint density at radius 2 is 1.95 bits per heavy atom. The van der Waals surface area contributed by atoms with Crippen LogP contribution in [0.1, 0.15) is 31.7 Å². The SMILES string of the molecule is CCOc1ccc(CN2CCC(CC(=O)O)CC2)cc1. The van der Waals surface area contributed by atoms with Crippen LogP contribution in [0.4, 0.5) is 0 Å². The highest BCUT2D eigenvalue weighted by Crippen LogP contribution is 2.22. The quantitative estimate of drug-likeness (QED) is 0.868. The predicted molar refractivity (Wildman–Crippen MR) is 77.9 cm³/mol. The Morgan fingerprint density at radius 1 is 1.30 bits per heavy atom. The molecule has 0 unspecified atom stereocenters. The number of likely N-dealkylation sites (tertiary alicyclic amines) is 1. The highest BCUT2D eigenvalue weighted by Gasteiger charge is 2.21. The van der Waals surface area contributed by atoms with Crippen LogP contribution < -0.4 is 4.74 Å². The van der Waals surface area contributed by atoms with Crippen molar-refractivity contribution in [3.63, 3.8) is 0 Å². The van der Waals surface area contributed by atoms with Crippen LogP contribution in [0.3, 0.4) is 0 Å². The molecule has 0 aromatic heterocycles. The van der Waals surface area contributed by atoms with Crippen molar-refractivity contribution in [2.75, 3.05) is 19.7 Å². The molecule has 0 amide bonds. The van der Waals surface area contributed by atoms with Gasteiger partial charge in [-0.25, -0.2) is 0 Å². The normalized spacial score (nSPS) is 17.1. The van der Waals surface area contributed by atoms with E-state index in [1.165, 1.54) is 5.56 Å². The Balaban J connectivity index is 1.78. The number of benzene rings is 1. The summed E-state index contributed by atoms with van der Waals surface area (Å²) in [5.74, 6) is 0.593. The zero-order chi connectivity index (χ0) is 14.4. The van der Waals surface area contributed by atoms with Gasteiger partial charge in [0.05, 0.1) is 6.61 Å². The Bertz CT molecular complexity index is 422. The number of piperidine rings is 1. The van der Waals surface area contributed by atoms with Crippen LogP contribution in [-0.4, -0.2) is 35.7 Å². The first-order valence-corrected chi connectivity index (χ1v) is 7.33. The second kappa shape index (κ2) is 7.29. The molecule has 1 N–H and O–H groups in total. The summed E-state index contributed by atoms with van der Waals surface area (Å²) < 4.78 is 5.43. The van der Waals surface area contributed by atoms with Gasteiger partial charge < -0.3 is 9.84 Å². The maximum atomic E-state index is 10.7. The molecule has 0 aliphatic carbocycles. The van der Waals surface area contributed by atoms with Gasteiger partial charge >= 0.3 is 5.97 Å². The van der Waals surface area contributed by atoms with Gasteiger partial charge in [0.2, 0.25) is 0 Å². The van der Waals surface area contributed by atoms with E-state index in [-0.39, 0.29) is 0 Å². The molecule has 1 aliphatic rings. The minimum Gasteiger partial charge on any atom is -0.494 e. The van der Waals surface area contributed by atoms with Crippen LogP contribution in [0, 0.1) is 5.92 Å². The molecule has 0 radical (unpaired) electrons. The third-order valence-electron chi connectivity index (χ3n) is 3.81. The first-order chi connectivity index (χ1) is 9.67. The molecule has 1 heterocycles. The molecular weight excluding hydrogens is 254 g/mol. The zero-order valence-electron chi connectivity index (χ0n) is 12.0. The average Bonchev–Trinajstić information content (AvgIpc) is 2.43. The van der Waals surface area contributed by atoms with Gasteiger partial charge in [-0.3, -0.25) is 9.69 Å².